The number of nitrogen functional groups attached to an aromatic ring is 1. The lowest BCUT2D eigenvalue weighted by Gasteiger charge is -2.28. The summed E-state index contributed by atoms with van der Waals surface area (Å²) >= 11 is 5.99. The fourth-order valence-corrected chi connectivity index (χ4v) is 4.11. The molecule has 0 bridgehead atoms. The Labute approximate surface area is 195 Å². The maximum atomic E-state index is 13.8. The summed E-state index contributed by atoms with van der Waals surface area (Å²) in [5.41, 5.74) is 9.93. The molecule has 0 spiro atoms. The number of anilines is 1. The number of ether oxygens (including phenoxy) is 1. The van der Waals surface area contributed by atoms with Crippen molar-refractivity contribution in [2.45, 2.75) is 32.7 Å². The van der Waals surface area contributed by atoms with Gasteiger partial charge in [-0.2, -0.15) is 0 Å². The van der Waals surface area contributed by atoms with Crippen molar-refractivity contribution >= 4 is 34.2 Å². The Balaban J connectivity index is 1.55. The molecule has 2 N–H and O–H groups in total. The van der Waals surface area contributed by atoms with Gasteiger partial charge in [-0.25, -0.2) is 15.0 Å². The van der Waals surface area contributed by atoms with Crippen LogP contribution in [-0.2, 0) is 24.5 Å². The average Bonchev–Trinajstić information content (AvgIpc) is 3.34. The Bertz CT molecular complexity index is 1330. The molecule has 0 saturated heterocycles. The fourth-order valence-electron chi connectivity index (χ4n) is 3.99. The molecule has 1 aromatic carbocycles. The lowest BCUT2D eigenvalue weighted by atomic mass is 10.0. The Morgan fingerprint density at radius 2 is 1.94 bits per heavy atom. The fraction of sp³-hybridized carbons (Fsp3) is 0.208. The topological polar surface area (TPSA) is 107 Å². The first-order valence-electron chi connectivity index (χ1n) is 10.5. The minimum atomic E-state index is -0.384. The van der Waals surface area contributed by atoms with Crippen LogP contribution in [0.4, 0.5) is 5.82 Å². The molecule has 1 amide bonds. The molecule has 0 saturated carbocycles. The van der Waals surface area contributed by atoms with Crippen LogP contribution in [-0.4, -0.2) is 30.7 Å². The molecule has 8 nitrogen and oxygen atoms in total. The van der Waals surface area contributed by atoms with E-state index in [0.717, 1.165) is 22.0 Å². The number of hydrogen-bond acceptors (Lipinski definition) is 7. The number of nitrogens with two attached hydrogens (primary N) is 1. The number of rotatable bonds is 5. The number of pyridine rings is 2. The van der Waals surface area contributed by atoms with E-state index >= 15 is 0 Å². The van der Waals surface area contributed by atoms with Gasteiger partial charge < -0.3 is 15.4 Å². The van der Waals surface area contributed by atoms with E-state index < -0.39 is 0 Å². The van der Waals surface area contributed by atoms with E-state index in [2.05, 4.69) is 19.9 Å². The van der Waals surface area contributed by atoms with E-state index in [9.17, 15) is 4.79 Å². The smallest absolute Gasteiger partial charge is 0.254 e. The van der Waals surface area contributed by atoms with Crippen molar-refractivity contribution in [1.29, 1.82) is 0 Å². The molecule has 1 atom stereocenters. The first kappa shape index (κ1) is 21.2. The van der Waals surface area contributed by atoms with E-state index in [4.69, 9.17) is 22.1 Å². The quantitative estimate of drug-likeness (QED) is 0.478. The Kier molecular flexibility index (Phi) is 5.62. The third kappa shape index (κ3) is 4.10. The summed E-state index contributed by atoms with van der Waals surface area (Å²) in [6, 6.07) is 10.4. The SMILES string of the molecule is C[C@H](c1ncccn1)N(Cc1ccc(Cl)cn1)C(=O)c1ccc2nc(N)c3c(c2c1)COC3. The standard InChI is InChI=1S/C24H21ClN6O2/c1-14(23-27-7-2-8-28-23)31(11-17-5-4-16(25)10-29-17)24(32)15-3-6-21-18(9-15)19-12-33-13-20(19)22(26)30-21/h2-10,14H,11-13H2,1H3,(H2,26,30)/t14-/m1/s1. The molecule has 0 fully saturated rings. The molecule has 3 aromatic heterocycles. The van der Waals surface area contributed by atoms with Crippen LogP contribution in [0.15, 0.2) is 55.0 Å². The van der Waals surface area contributed by atoms with Gasteiger partial charge in [0.2, 0.25) is 0 Å². The van der Waals surface area contributed by atoms with E-state index in [1.54, 1.807) is 47.8 Å². The third-order valence-corrected chi connectivity index (χ3v) is 6.01. The van der Waals surface area contributed by atoms with Gasteiger partial charge in [-0.3, -0.25) is 9.78 Å². The monoisotopic (exact) mass is 460 g/mol. The molecule has 9 heteroatoms. The van der Waals surface area contributed by atoms with Gasteiger partial charge in [0.15, 0.2) is 0 Å². The molecular formula is C24H21ClN6O2. The summed E-state index contributed by atoms with van der Waals surface area (Å²) in [7, 11) is 0. The Morgan fingerprint density at radius 3 is 2.70 bits per heavy atom. The average molecular weight is 461 g/mol. The molecule has 4 heterocycles. The zero-order chi connectivity index (χ0) is 22.9. The summed E-state index contributed by atoms with van der Waals surface area (Å²) < 4.78 is 5.59. The first-order chi connectivity index (χ1) is 16.0. The highest BCUT2D eigenvalue weighted by molar-refractivity contribution is 6.30. The van der Waals surface area contributed by atoms with Crippen molar-refractivity contribution < 1.29 is 9.53 Å². The highest BCUT2D eigenvalue weighted by atomic mass is 35.5. The number of halogens is 1. The summed E-state index contributed by atoms with van der Waals surface area (Å²) in [5.74, 6) is 0.849. The van der Waals surface area contributed by atoms with Gasteiger partial charge in [0, 0.05) is 35.1 Å². The maximum absolute atomic E-state index is 13.8. The first-order valence-corrected chi connectivity index (χ1v) is 10.9. The van der Waals surface area contributed by atoms with E-state index in [0.29, 0.717) is 41.1 Å². The number of carbonyl (C=O) groups is 1. The molecule has 5 rings (SSSR count). The largest absolute Gasteiger partial charge is 0.383 e. The molecule has 0 unspecified atom stereocenters. The van der Waals surface area contributed by atoms with Gasteiger partial charge in [-0.15, -0.1) is 0 Å². The predicted octanol–water partition coefficient (Wildman–Crippen LogP) is 4.09. The minimum absolute atomic E-state index is 0.168. The molecule has 0 aliphatic carbocycles. The number of benzene rings is 1. The molecule has 4 aromatic rings. The second-order valence-electron chi connectivity index (χ2n) is 7.86. The number of aromatic nitrogens is 4. The maximum Gasteiger partial charge on any atom is 0.254 e. The van der Waals surface area contributed by atoms with Gasteiger partial charge in [0.05, 0.1) is 42.0 Å². The number of carbonyl (C=O) groups excluding carboxylic acids is 1. The van der Waals surface area contributed by atoms with Crippen molar-refractivity contribution in [3.63, 3.8) is 0 Å². The summed E-state index contributed by atoms with van der Waals surface area (Å²) in [4.78, 5) is 33.0. The van der Waals surface area contributed by atoms with Gasteiger partial charge >= 0.3 is 0 Å². The predicted molar refractivity (Wildman–Crippen MR) is 124 cm³/mol. The van der Waals surface area contributed by atoms with E-state index in [-0.39, 0.29) is 18.5 Å². The van der Waals surface area contributed by atoms with Crippen LogP contribution in [0.5, 0.6) is 0 Å². The summed E-state index contributed by atoms with van der Waals surface area (Å²) in [5, 5.41) is 1.41. The zero-order valence-electron chi connectivity index (χ0n) is 17.9. The number of hydrogen-bond donors (Lipinski definition) is 1. The molecule has 0 radical (unpaired) electrons. The van der Waals surface area contributed by atoms with E-state index in [1.807, 2.05) is 19.1 Å². The molecule has 166 valence electrons. The summed E-state index contributed by atoms with van der Waals surface area (Å²) in [6.07, 6.45) is 4.90. The number of fused-ring (bicyclic) bond motifs is 3. The van der Waals surface area contributed by atoms with Crippen LogP contribution in [0.3, 0.4) is 0 Å². The second kappa shape index (κ2) is 8.73. The van der Waals surface area contributed by atoms with Crippen molar-refractivity contribution in [3.05, 3.63) is 88.2 Å². The molecule has 1 aliphatic heterocycles. The zero-order valence-corrected chi connectivity index (χ0v) is 18.7. The van der Waals surface area contributed by atoms with Crippen LogP contribution < -0.4 is 5.73 Å². The minimum Gasteiger partial charge on any atom is -0.383 e. The van der Waals surface area contributed by atoms with Gasteiger partial charge in [0.25, 0.3) is 5.91 Å². The van der Waals surface area contributed by atoms with Gasteiger partial charge in [-0.1, -0.05) is 11.6 Å². The normalized spacial score (nSPS) is 13.6. The van der Waals surface area contributed by atoms with Crippen LogP contribution in [0.25, 0.3) is 10.9 Å². The number of amides is 1. The van der Waals surface area contributed by atoms with Crippen LogP contribution in [0.2, 0.25) is 5.02 Å². The van der Waals surface area contributed by atoms with Crippen molar-refractivity contribution in [2.75, 3.05) is 5.73 Å². The Hall–Kier alpha value is -3.62. The lowest BCUT2D eigenvalue weighted by molar-refractivity contribution is 0.0663. The molecule has 33 heavy (non-hydrogen) atoms. The summed E-state index contributed by atoms with van der Waals surface area (Å²) in [6.45, 7) is 3.05. The molecule has 1 aliphatic rings. The van der Waals surface area contributed by atoms with Crippen molar-refractivity contribution in [2.24, 2.45) is 0 Å². The van der Waals surface area contributed by atoms with Crippen LogP contribution in [0.1, 0.15) is 46.0 Å². The van der Waals surface area contributed by atoms with Crippen molar-refractivity contribution in [3.8, 4) is 0 Å². The number of nitrogens with zero attached hydrogens (tertiary/aromatic N) is 5. The highest BCUT2D eigenvalue weighted by Gasteiger charge is 2.27. The lowest BCUT2D eigenvalue weighted by Crippen LogP contribution is -2.34. The van der Waals surface area contributed by atoms with E-state index in [1.165, 1.54) is 0 Å². The van der Waals surface area contributed by atoms with Crippen molar-refractivity contribution in [1.82, 2.24) is 24.8 Å². The van der Waals surface area contributed by atoms with Gasteiger partial charge in [-0.05, 0) is 48.9 Å². The van der Waals surface area contributed by atoms with Crippen LogP contribution in [0, 0.1) is 0 Å². The highest BCUT2D eigenvalue weighted by Crippen LogP contribution is 2.32. The second-order valence-corrected chi connectivity index (χ2v) is 8.30. The molecular weight excluding hydrogens is 440 g/mol. The Morgan fingerprint density at radius 1 is 1.15 bits per heavy atom. The third-order valence-electron chi connectivity index (χ3n) is 5.78. The van der Waals surface area contributed by atoms with Crippen LogP contribution >= 0.6 is 11.6 Å². The van der Waals surface area contributed by atoms with Gasteiger partial charge in [0.1, 0.15) is 11.6 Å².